The van der Waals surface area contributed by atoms with Gasteiger partial charge in [0.2, 0.25) is 0 Å². The maximum absolute atomic E-state index is 5.96. The first-order valence-electron chi connectivity index (χ1n) is 7.56. The molecule has 0 bridgehead atoms. The summed E-state index contributed by atoms with van der Waals surface area (Å²) in [4.78, 5) is 7.35. The summed E-state index contributed by atoms with van der Waals surface area (Å²) < 4.78 is 0. The van der Waals surface area contributed by atoms with Crippen LogP contribution in [0.1, 0.15) is 32.3 Å². The number of hydrogen-bond acceptors (Lipinski definition) is 3. The molecule has 0 amide bonds. The van der Waals surface area contributed by atoms with E-state index >= 15 is 0 Å². The summed E-state index contributed by atoms with van der Waals surface area (Å²) in [6.07, 6.45) is 2.55. The maximum atomic E-state index is 5.96. The van der Waals surface area contributed by atoms with Gasteiger partial charge in [-0.1, -0.05) is 25.1 Å². The van der Waals surface area contributed by atoms with Crippen LogP contribution < -0.4 is 10.6 Å². The first kappa shape index (κ1) is 13.4. The minimum Gasteiger partial charge on any atom is -0.353 e. The summed E-state index contributed by atoms with van der Waals surface area (Å²) in [5.74, 6) is 1.80. The van der Waals surface area contributed by atoms with Crippen molar-refractivity contribution in [3.8, 4) is 0 Å². The van der Waals surface area contributed by atoms with Gasteiger partial charge in [-0.25, -0.2) is 4.98 Å². The van der Waals surface area contributed by atoms with E-state index in [1.807, 2.05) is 6.07 Å². The molecule has 1 aliphatic rings. The van der Waals surface area contributed by atoms with Gasteiger partial charge in [-0.3, -0.25) is 0 Å². The van der Waals surface area contributed by atoms with E-state index in [9.17, 15) is 0 Å². The van der Waals surface area contributed by atoms with Crippen LogP contribution in [-0.2, 0) is 6.54 Å². The zero-order valence-electron chi connectivity index (χ0n) is 12.3. The highest BCUT2D eigenvalue weighted by Gasteiger charge is 2.27. The molecule has 1 fully saturated rings. The number of para-hydroxylation sites is 1. The van der Waals surface area contributed by atoms with Crippen LogP contribution in [0.2, 0.25) is 0 Å². The van der Waals surface area contributed by atoms with Crippen LogP contribution >= 0.6 is 0 Å². The summed E-state index contributed by atoms with van der Waals surface area (Å²) in [6.45, 7) is 6.27. The number of nitrogens with two attached hydrogens (primary N) is 1. The highest BCUT2D eigenvalue weighted by molar-refractivity contribution is 5.81. The van der Waals surface area contributed by atoms with Gasteiger partial charge >= 0.3 is 0 Å². The molecule has 3 rings (SSSR count). The van der Waals surface area contributed by atoms with Gasteiger partial charge in [0.15, 0.2) is 0 Å². The fourth-order valence-corrected chi connectivity index (χ4v) is 3.18. The first-order chi connectivity index (χ1) is 9.70. The van der Waals surface area contributed by atoms with Crippen molar-refractivity contribution in [2.45, 2.75) is 39.3 Å². The molecule has 0 spiro atoms. The Bertz CT molecular complexity index is 608. The predicted octanol–water partition coefficient (Wildman–Crippen LogP) is 3.32. The molecule has 2 atom stereocenters. The molecule has 2 N–H and O–H groups in total. The molecule has 0 saturated carbocycles. The van der Waals surface area contributed by atoms with Crippen molar-refractivity contribution in [2.75, 3.05) is 11.4 Å². The minimum atomic E-state index is 0.530. The third-order valence-electron chi connectivity index (χ3n) is 4.65. The number of aromatic nitrogens is 1. The molecule has 2 heterocycles. The van der Waals surface area contributed by atoms with Crippen molar-refractivity contribution in [1.29, 1.82) is 0 Å². The second-order valence-electron chi connectivity index (χ2n) is 5.92. The SMILES string of the molecule is CC1CCCN(c2nc3ccccc3cc2CN)C1C. The third-order valence-corrected chi connectivity index (χ3v) is 4.65. The average Bonchev–Trinajstić information content (AvgIpc) is 2.48. The van der Waals surface area contributed by atoms with Crippen molar-refractivity contribution in [3.63, 3.8) is 0 Å². The van der Waals surface area contributed by atoms with Gasteiger partial charge in [0.25, 0.3) is 0 Å². The number of benzene rings is 1. The zero-order chi connectivity index (χ0) is 14.1. The molecule has 2 aromatic rings. The second-order valence-corrected chi connectivity index (χ2v) is 5.92. The van der Waals surface area contributed by atoms with Crippen LogP contribution in [0.3, 0.4) is 0 Å². The Kier molecular flexibility index (Phi) is 3.62. The van der Waals surface area contributed by atoms with E-state index in [2.05, 4.69) is 43.0 Å². The third kappa shape index (κ3) is 2.27. The summed E-state index contributed by atoms with van der Waals surface area (Å²) in [7, 11) is 0. The number of anilines is 1. The van der Waals surface area contributed by atoms with Crippen LogP contribution in [-0.4, -0.2) is 17.6 Å². The molecular formula is C17H23N3. The highest BCUT2D eigenvalue weighted by Crippen LogP contribution is 2.31. The van der Waals surface area contributed by atoms with Gasteiger partial charge in [-0.05, 0) is 37.8 Å². The Balaban J connectivity index is 2.09. The van der Waals surface area contributed by atoms with Crippen LogP contribution in [0.25, 0.3) is 10.9 Å². The number of hydrogen-bond donors (Lipinski definition) is 1. The topological polar surface area (TPSA) is 42.2 Å². The van der Waals surface area contributed by atoms with Crippen molar-refractivity contribution in [2.24, 2.45) is 11.7 Å². The van der Waals surface area contributed by atoms with E-state index < -0.39 is 0 Å². The molecule has 0 aliphatic carbocycles. The molecule has 20 heavy (non-hydrogen) atoms. The predicted molar refractivity (Wildman–Crippen MR) is 84.8 cm³/mol. The standard InChI is InChI=1S/C17H23N3/c1-12-6-5-9-20(13(12)2)17-15(11-18)10-14-7-3-4-8-16(14)19-17/h3-4,7-8,10,12-13H,5-6,9,11,18H2,1-2H3. The van der Waals surface area contributed by atoms with E-state index in [1.54, 1.807) is 0 Å². The van der Waals surface area contributed by atoms with Gasteiger partial charge in [-0.15, -0.1) is 0 Å². The summed E-state index contributed by atoms with van der Waals surface area (Å²) >= 11 is 0. The first-order valence-corrected chi connectivity index (χ1v) is 7.56. The number of rotatable bonds is 2. The Labute approximate surface area is 120 Å². The zero-order valence-corrected chi connectivity index (χ0v) is 12.3. The summed E-state index contributed by atoms with van der Waals surface area (Å²) in [5, 5.41) is 1.18. The molecule has 3 heteroatoms. The quantitative estimate of drug-likeness (QED) is 0.909. The summed E-state index contributed by atoms with van der Waals surface area (Å²) in [5.41, 5.74) is 8.18. The molecule has 1 aromatic heterocycles. The smallest absolute Gasteiger partial charge is 0.134 e. The van der Waals surface area contributed by atoms with E-state index in [1.165, 1.54) is 18.2 Å². The van der Waals surface area contributed by atoms with Gasteiger partial charge in [0.05, 0.1) is 5.52 Å². The number of fused-ring (bicyclic) bond motifs is 1. The lowest BCUT2D eigenvalue weighted by Gasteiger charge is -2.39. The molecule has 106 valence electrons. The van der Waals surface area contributed by atoms with Gasteiger partial charge in [-0.2, -0.15) is 0 Å². The number of pyridine rings is 1. The Morgan fingerprint density at radius 1 is 1.30 bits per heavy atom. The largest absolute Gasteiger partial charge is 0.353 e. The Morgan fingerprint density at radius 2 is 2.10 bits per heavy atom. The average molecular weight is 269 g/mol. The van der Waals surface area contributed by atoms with E-state index in [4.69, 9.17) is 10.7 Å². The molecular weight excluding hydrogens is 246 g/mol. The van der Waals surface area contributed by atoms with Crippen LogP contribution in [0.15, 0.2) is 30.3 Å². The van der Waals surface area contributed by atoms with Crippen LogP contribution in [0.4, 0.5) is 5.82 Å². The van der Waals surface area contributed by atoms with Crippen LogP contribution in [0.5, 0.6) is 0 Å². The summed E-state index contributed by atoms with van der Waals surface area (Å²) in [6, 6.07) is 11.0. The van der Waals surface area contributed by atoms with Crippen molar-refractivity contribution < 1.29 is 0 Å². The maximum Gasteiger partial charge on any atom is 0.134 e. The molecule has 1 aliphatic heterocycles. The number of piperidine rings is 1. The number of nitrogens with zero attached hydrogens (tertiary/aromatic N) is 2. The van der Waals surface area contributed by atoms with Gasteiger partial charge < -0.3 is 10.6 Å². The van der Waals surface area contributed by atoms with Crippen molar-refractivity contribution in [3.05, 3.63) is 35.9 Å². The lowest BCUT2D eigenvalue weighted by Crippen LogP contribution is -2.43. The normalized spacial score (nSPS) is 23.2. The lowest BCUT2D eigenvalue weighted by molar-refractivity contribution is 0.361. The Hall–Kier alpha value is -1.61. The molecule has 3 nitrogen and oxygen atoms in total. The van der Waals surface area contributed by atoms with E-state index in [-0.39, 0.29) is 0 Å². The lowest BCUT2D eigenvalue weighted by atomic mass is 9.91. The fraction of sp³-hybridized carbons (Fsp3) is 0.471. The van der Waals surface area contributed by atoms with Gasteiger partial charge in [0.1, 0.15) is 5.82 Å². The minimum absolute atomic E-state index is 0.530. The molecule has 2 unspecified atom stereocenters. The van der Waals surface area contributed by atoms with Crippen LogP contribution in [0, 0.1) is 5.92 Å². The van der Waals surface area contributed by atoms with Gasteiger partial charge in [0, 0.05) is 30.1 Å². The van der Waals surface area contributed by atoms with E-state index in [0.29, 0.717) is 18.5 Å². The fourth-order valence-electron chi connectivity index (χ4n) is 3.18. The van der Waals surface area contributed by atoms with Crippen molar-refractivity contribution in [1.82, 2.24) is 4.98 Å². The monoisotopic (exact) mass is 269 g/mol. The molecule has 0 radical (unpaired) electrons. The Morgan fingerprint density at radius 3 is 2.90 bits per heavy atom. The molecule has 1 aromatic carbocycles. The van der Waals surface area contributed by atoms with E-state index in [0.717, 1.165) is 23.4 Å². The molecule has 1 saturated heterocycles. The van der Waals surface area contributed by atoms with Crippen molar-refractivity contribution >= 4 is 16.7 Å². The second kappa shape index (κ2) is 5.41. The highest BCUT2D eigenvalue weighted by atomic mass is 15.2.